The predicted octanol–water partition coefficient (Wildman–Crippen LogP) is 0.207. The summed E-state index contributed by atoms with van der Waals surface area (Å²) in [5.74, 6) is 0.591. The summed E-state index contributed by atoms with van der Waals surface area (Å²) in [6.07, 6.45) is 3.17. The van der Waals surface area contributed by atoms with Crippen molar-refractivity contribution in [2.45, 2.75) is 33.0 Å². The third-order valence-electron chi connectivity index (χ3n) is 1.99. The zero-order chi connectivity index (χ0) is 11.4. The number of nitrogens with one attached hydrogen (secondary N) is 1. The van der Waals surface area contributed by atoms with Gasteiger partial charge in [0.2, 0.25) is 6.39 Å². The first-order valence-electron chi connectivity index (χ1n) is 5.11. The van der Waals surface area contributed by atoms with Gasteiger partial charge in [-0.1, -0.05) is 24.2 Å². The van der Waals surface area contributed by atoms with E-state index in [9.17, 15) is 0 Å². The molecule has 0 atom stereocenters. The van der Waals surface area contributed by atoms with Gasteiger partial charge in [-0.05, 0) is 0 Å². The highest BCUT2D eigenvalue weighted by Crippen LogP contribution is 1.97. The Kier molecular flexibility index (Phi) is 3.25. The van der Waals surface area contributed by atoms with Crippen LogP contribution in [0.15, 0.2) is 17.1 Å². The normalized spacial score (nSPS) is 11.2. The fraction of sp³-hybridized carbons (Fsp3) is 0.556. The fourth-order valence-corrected chi connectivity index (χ4v) is 1.21. The van der Waals surface area contributed by atoms with Gasteiger partial charge in [0.1, 0.15) is 6.54 Å². The summed E-state index contributed by atoms with van der Waals surface area (Å²) in [6.45, 7) is 5.36. The van der Waals surface area contributed by atoms with E-state index in [0.29, 0.717) is 25.0 Å². The molecule has 0 saturated carbocycles. The Bertz CT molecular complexity index is 421. The number of nitrogens with zero attached hydrogens (tertiary/aromatic N) is 5. The molecular weight excluding hydrogens is 208 g/mol. The lowest BCUT2D eigenvalue weighted by Gasteiger charge is -2.03. The Labute approximate surface area is 92.8 Å². The molecule has 0 aromatic carbocycles. The van der Waals surface area contributed by atoms with Crippen molar-refractivity contribution in [2.75, 3.05) is 0 Å². The molecule has 86 valence electrons. The van der Waals surface area contributed by atoms with Crippen LogP contribution < -0.4 is 5.32 Å². The molecule has 2 aromatic rings. The van der Waals surface area contributed by atoms with Crippen LogP contribution in [-0.4, -0.2) is 31.2 Å². The average molecular weight is 222 g/mol. The lowest BCUT2D eigenvalue weighted by atomic mass is 10.3. The highest BCUT2D eigenvalue weighted by atomic mass is 16.5. The topological polar surface area (TPSA) is 81.7 Å². The van der Waals surface area contributed by atoms with Crippen LogP contribution in [0.4, 0.5) is 0 Å². The van der Waals surface area contributed by atoms with Crippen molar-refractivity contribution in [3.63, 3.8) is 0 Å². The van der Waals surface area contributed by atoms with Crippen LogP contribution in [0.3, 0.4) is 0 Å². The largest absolute Gasteiger partial charge is 0.343 e. The van der Waals surface area contributed by atoms with E-state index in [-0.39, 0.29) is 0 Å². The van der Waals surface area contributed by atoms with E-state index in [1.165, 1.54) is 6.39 Å². The number of hydrogen-bond donors (Lipinski definition) is 1. The molecule has 0 spiro atoms. The van der Waals surface area contributed by atoms with Gasteiger partial charge in [0.05, 0.1) is 11.9 Å². The summed E-state index contributed by atoms with van der Waals surface area (Å²) in [7, 11) is 0. The lowest BCUT2D eigenvalue weighted by molar-refractivity contribution is 0.406. The van der Waals surface area contributed by atoms with Crippen LogP contribution in [0.2, 0.25) is 0 Å². The first-order chi connectivity index (χ1) is 7.74. The van der Waals surface area contributed by atoms with Gasteiger partial charge in [-0.3, -0.25) is 0 Å². The van der Waals surface area contributed by atoms with E-state index in [1.807, 2.05) is 6.20 Å². The van der Waals surface area contributed by atoms with Gasteiger partial charge in [-0.2, -0.15) is 4.98 Å². The molecule has 2 rings (SSSR count). The van der Waals surface area contributed by atoms with Gasteiger partial charge in [-0.15, -0.1) is 5.10 Å². The van der Waals surface area contributed by atoms with E-state index < -0.39 is 0 Å². The van der Waals surface area contributed by atoms with Crippen LogP contribution in [0, 0.1) is 0 Å². The number of rotatable bonds is 5. The molecule has 0 amide bonds. The van der Waals surface area contributed by atoms with Crippen molar-refractivity contribution in [3.8, 4) is 0 Å². The first kappa shape index (κ1) is 10.7. The zero-order valence-electron chi connectivity index (χ0n) is 9.29. The van der Waals surface area contributed by atoms with Crippen LogP contribution in [0.1, 0.15) is 25.4 Å². The maximum atomic E-state index is 4.64. The summed E-state index contributed by atoms with van der Waals surface area (Å²) in [5, 5.41) is 15.0. The molecule has 0 radical (unpaired) electrons. The standard InChI is InChI=1S/C9H14N6O/c1-7(2)10-3-8-4-15(14-12-8)5-9-11-6-16-13-9/h4,6-7,10H,3,5H2,1-2H3. The van der Waals surface area contributed by atoms with Crippen molar-refractivity contribution in [3.05, 3.63) is 24.1 Å². The predicted molar refractivity (Wildman–Crippen MR) is 55.4 cm³/mol. The smallest absolute Gasteiger partial charge is 0.213 e. The van der Waals surface area contributed by atoms with E-state index in [0.717, 1.165) is 5.69 Å². The Hall–Kier alpha value is -1.76. The maximum absolute atomic E-state index is 4.64. The summed E-state index contributed by atoms with van der Waals surface area (Å²) < 4.78 is 6.32. The first-order valence-corrected chi connectivity index (χ1v) is 5.11. The molecule has 7 heteroatoms. The van der Waals surface area contributed by atoms with Crippen LogP contribution in [-0.2, 0) is 13.1 Å². The molecule has 0 unspecified atom stereocenters. The second-order valence-electron chi connectivity index (χ2n) is 3.79. The quantitative estimate of drug-likeness (QED) is 0.778. The Morgan fingerprint density at radius 3 is 3.06 bits per heavy atom. The second kappa shape index (κ2) is 4.84. The molecular formula is C9H14N6O. The summed E-state index contributed by atoms with van der Waals surface area (Å²) in [6, 6.07) is 0.433. The molecule has 1 N–H and O–H groups in total. The minimum absolute atomic E-state index is 0.433. The Morgan fingerprint density at radius 2 is 2.38 bits per heavy atom. The molecule has 0 aliphatic carbocycles. The van der Waals surface area contributed by atoms with Gasteiger partial charge in [-0.25, -0.2) is 4.68 Å². The highest BCUT2D eigenvalue weighted by Gasteiger charge is 2.04. The van der Waals surface area contributed by atoms with Crippen molar-refractivity contribution < 1.29 is 4.52 Å². The average Bonchev–Trinajstić information content (AvgIpc) is 2.87. The SMILES string of the molecule is CC(C)NCc1cn(Cc2ncon2)nn1. The summed E-state index contributed by atoms with van der Waals surface area (Å²) in [4.78, 5) is 3.91. The van der Waals surface area contributed by atoms with Gasteiger partial charge in [0.15, 0.2) is 5.82 Å². The third-order valence-corrected chi connectivity index (χ3v) is 1.99. The van der Waals surface area contributed by atoms with Crippen LogP contribution >= 0.6 is 0 Å². The van der Waals surface area contributed by atoms with E-state index in [2.05, 4.69) is 44.1 Å². The number of hydrogen-bond acceptors (Lipinski definition) is 6. The second-order valence-corrected chi connectivity index (χ2v) is 3.79. The van der Waals surface area contributed by atoms with Crippen molar-refractivity contribution in [1.29, 1.82) is 0 Å². The van der Waals surface area contributed by atoms with Crippen molar-refractivity contribution in [1.82, 2.24) is 30.5 Å². The Morgan fingerprint density at radius 1 is 1.50 bits per heavy atom. The highest BCUT2D eigenvalue weighted by molar-refractivity contribution is 4.93. The fourth-order valence-electron chi connectivity index (χ4n) is 1.21. The van der Waals surface area contributed by atoms with Gasteiger partial charge in [0, 0.05) is 12.6 Å². The molecule has 7 nitrogen and oxygen atoms in total. The molecule has 0 bridgehead atoms. The maximum Gasteiger partial charge on any atom is 0.213 e. The van der Waals surface area contributed by atoms with E-state index in [1.54, 1.807) is 4.68 Å². The van der Waals surface area contributed by atoms with Gasteiger partial charge < -0.3 is 9.84 Å². The molecule has 0 aliphatic heterocycles. The van der Waals surface area contributed by atoms with Gasteiger partial charge in [0.25, 0.3) is 0 Å². The van der Waals surface area contributed by atoms with Crippen molar-refractivity contribution >= 4 is 0 Å². The third kappa shape index (κ3) is 2.86. The van der Waals surface area contributed by atoms with E-state index >= 15 is 0 Å². The molecule has 0 saturated heterocycles. The minimum Gasteiger partial charge on any atom is -0.343 e. The lowest BCUT2D eigenvalue weighted by Crippen LogP contribution is -2.21. The molecule has 16 heavy (non-hydrogen) atoms. The molecule has 2 heterocycles. The molecule has 2 aromatic heterocycles. The minimum atomic E-state index is 0.433. The molecule has 0 aliphatic rings. The number of aromatic nitrogens is 5. The van der Waals surface area contributed by atoms with E-state index in [4.69, 9.17) is 0 Å². The molecule has 0 fully saturated rings. The Balaban J connectivity index is 1.92. The summed E-state index contributed by atoms with van der Waals surface area (Å²) >= 11 is 0. The van der Waals surface area contributed by atoms with Gasteiger partial charge >= 0.3 is 0 Å². The van der Waals surface area contributed by atoms with Crippen molar-refractivity contribution in [2.24, 2.45) is 0 Å². The van der Waals surface area contributed by atoms with Crippen LogP contribution in [0.25, 0.3) is 0 Å². The van der Waals surface area contributed by atoms with Crippen LogP contribution in [0.5, 0.6) is 0 Å². The summed E-state index contributed by atoms with van der Waals surface area (Å²) in [5.41, 5.74) is 0.900. The zero-order valence-corrected chi connectivity index (χ0v) is 9.29. The monoisotopic (exact) mass is 222 g/mol.